The van der Waals surface area contributed by atoms with Crippen molar-refractivity contribution in [1.82, 2.24) is 20.2 Å². The molecule has 0 aliphatic carbocycles. The van der Waals surface area contributed by atoms with Crippen molar-refractivity contribution in [1.29, 1.82) is 0 Å². The Hall–Kier alpha value is -4.26. The summed E-state index contributed by atoms with van der Waals surface area (Å²) in [6.07, 6.45) is 3.26. The summed E-state index contributed by atoms with van der Waals surface area (Å²) < 4.78 is 5.65. The Morgan fingerprint density at radius 2 is 1.39 bits per heavy atom. The van der Waals surface area contributed by atoms with Gasteiger partial charge in [-0.3, -0.25) is 0 Å². The quantitative estimate of drug-likeness (QED) is 0.440. The van der Waals surface area contributed by atoms with Crippen LogP contribution in [-0.2, 0) is 0 Å². The Morgan fingerprint density at radius 1 is 0.710 bits per heavy atom. The lowest BCUT2D eigenvalue weighted by atomic mass is 9.95. The van der Waals surface area contributed by atoms with Crippen LogP contribution in [0.3, 0.4) is 0 Å². The molecule has 3 aromatic carbocycles. The summed E-state index contributed by atoms with van der Waals surface area (Å²) in [5, 5.41) is 14.1. The second-order valence-electron chi connectivity index (χ2n) is 6.83. The molecular formula is C24H16BN5O. The lowest BCUT2D eigenvalue weighted by Gasteiger charge is -2.11. The number of nitrogens with zero attached hydrogens (tertiary/aromatic N) is 4. The van der Waals surface area contributed by atoms with Gasteiger partial charge in [0, 0.05) is 16.3 Å². The van der Waals surface area contributed by atoms with E-state index >= 15 is 0 Å². The number of ether oxygens (including phenoxy) is 1. The van der Waals surface area contributed by atoms with Crippen molar-refractivity contribution in [2.45, 2.75) is 0 Å². The summed E-state index contributed by atoms with van der Waals surface area (Å²) in [6.45, 7) is 0. The average molecular weight is 401 g/mol. The Kier molecular flexibility index (Phi) is 4.98. The first-order valence-electron chi connectivity index (χ1n) is 9.70. The van der Waals surface area contributed by atoms with Crippen LogP contribution < -0.4 is 15.5 Å². The zero-order valence-electron chi connectivity index (χ0n) is 16.4. The van der Waals surface area contributed by atoms with Gasteiger partial charge in [0.2, 0.25) is 0 Å². The van der Waals surface area contributed by atoms with E-state index in [1.54, 1.807) is 24.5 Å². The zero-order chi connectivity index (χ0) is 21.0. The van der Waals surface area contributed by atoms with Crippen LogP contribution >= 0.6 is 0 Å². The molecule has 5 rings (SSSR count). The molecule has 1 N–H and O–H groups in total. The molecule has 0 aliphatic heterocycles. The highest BCUT2D eigenvalue weighted by atomic mass is 16.5. The molecule has 0 aliphatic rings. The first-order valence-corrected chi connectivity index (χ1v) is 9.70. The fraction of sp³-hybridized carbons (Fsp3) is 0. The van der Waals surface area contributed by atoms with Gasteiger partial charge in [0.15, 0.2) is 5.82 Å². The van der Waals surface area contributed by atoms with Crippen molar-refractivity contribution in [3.8, 4) is 23.0 Å². The van der Waals surface area contributed by atoms with Gasteiger partial charge in [-0.25, -0.2) is 9.97 Å². The van der Waals surface area contributed by atoms with E-state index in [4.69, 9.17) is 12.6 Å². The van der Waals surface area contributed by atoms with Gasteiger partial charge in [-0.05, 0) is 6.07 Å². The second-order valence-corrected chi connectivity index (χ2v) is 6.83. The number of hydrogen-bond donors (Lipinski definition) is 1. The Bertz CT molecular complexity index is 1340. The van der Waals surface area contributed by atoms with Gasteiger partial charge in [0.05, 0.1) is 18.1 Å². The van der Waals surface area contributed by atoms with Crippen LogP contribution in [0.4, 0.5) is 11.5 Å². The van der Waals surface area contributed by atoms with Gasteiger partial charge < -0.3 is 10.1 Å². The van der Waals surface area contributed by atoms with Crippen molar-refractivity contribution in [3.05, 3.63) is 91.3 Å². The summed E-state index contributed by atoms with van der Waals surface area (Å²) in [5.74, 6) is 1.14. The molecule has 5 aromatic rings. The number of rotatable bonds is 5. The lowest BCUT2D eigenvalue weighted by molar-refractivity contribution is 0.445. The summed E-state index contributed by atoms with van der Waals surface area (Å²) in [5.41, 5.74) is 3.04. The highest BCUT2D eigenvalue weighted by Gasteiger charge is 2.11. The fourth-order valence-corrected chi connectivity index (χ4v) is 3.25. The van der Waals surface area contributed by atoms with Crippen LogP contribution in [0.2, 0.25) is 0 Å². The van der Waals surface area contributed by atoms with Gasteiger partial charge in [0.1, 0.15) is 19.3 Å². The van der Waals surface area contributed by atoms with Crippen LogP contribution in [-0.4, -0.2) is 28.0 Å². The van der Waals surface area contributed by atoms with Crippen molar-refractivity contribution in [3.63, 3.8) is 0 Å². The Balaban J connectivity index is 1.43. The molecule has 2 heterocycles. The SMILES string of the molecule is [B]c1ccccc1Oc1ncc(Nc2nnc(-c3ccccc3)c3ccccc23)cn1. The zero-order valence-corrected chi connectivity index (χ0v) is 16.4. The van der Waals surface area contributed by atoms with E-state index in [0.29, 0.717) is 22.7 Å². The normalized spacial score (nSPS) is 10.7. The highest BCUT2D eigenvalue weighted by Crippen LogP contribution is 2.30. The summed E-state index contributed by atoms with van der Waals surface area (Å²) >= 11 is 0. The average Bonchev–Trinajstić information content (AvgIpc) is 2.82. The van der Waals surface area contributed by atoms with Crippen LogP contribution in [0.1, 0.15) is 0 Å². The molecule has 2 radical (unpaired) electrons. The van der Waals surface area contributed by atoms with Crippen molar-refractivity contribution < 1.29 is 4.74 Å². The molecule has 0 spiro atoms. The minimum atomic E-state index is 0.207. The number of benzene rings is 3. The van der Waals surface area contributed by atoms with Crippen LogP contribution in [0.25, 0.3) is 22.0 Å². The van der Waals surface area contributed by atoms with Crippen LogP contribution in [0, 0.1) is 0 Å². The molecule has 31 heavy (non-hydrogen) atoms. The van der Waals surface area contributed by atoms with E-state index in [1.807, 2.05) is 66.7 Å². The third-order valence-electron chi connectivity index (χ3n) is 4.75. The largest absolute Gasteiger partial charge is 0.425 e. The number of anilines is 2. The first-order chi connectivity index (χ1) is 15.3. The molecule has 0 unspecified atom stereocenters. The standard InChI is InChI=1S/C24H16BN5O/c25-20-12-6-7-13-21(20)31-24-26-14-17(15-27-24)28-23-19-11-5-4-10-18(19)22(29-30-23)16-8-2-1-3-9-16/h1-15H,(H,28,30). The monoisotopic (exact) mass is 401 g/mol. The summed E-state index contributed by atoms with van der Waals surface area (Å²) in [6, 6.07) is 25.4. The number of para-hydroxylation sites is 1. The van der Waals surface area contributed by atoms with E-state index in [-0.39, 0.29) is 6.01 Å². The molecule has 0 fully saturated rings. The molecule has 0 bridgehead atoms. The molecule has 0 atom stereocenters. The van der Waals surface area contributed by atoms with Gasteiger partial charge in [-0.15, -0.1) is 10.2 Å². The van der Waals surface area contributed by atoms with Crippen LogP contribution in [0.5, 0.6) is 11.8 Å². The molecule has 7 heteroatoms. The fourth-order valence-electron chi connectivity index (χ4n) is 3.25. The molecule has 0 amide bonds. The molecular weight excluding hydrogens is 385 g/mol. The van der Waals surface area contributed by atoms with E-state index in [9.17, 15) is 0 Å². The van der Waals surface area contributed by atoms with E-state index < -0.39 is 0 Å². The number of fused-ring (bicyclic) bond motifs is 1. The minimum absolute atomic E-state index is 0.207. The predicted octanol–water partition coefficient (Wildman–Crippen LogP) is 4.42. The topological polar surface area (TPSA) is 72.8 Å². The van der Waals surface area contributed by atoms with E-state index in [0.717, 1.165) is 22.0 Å². The summed E-state index contributed by atoms with van der Waals surface area (Å²) in [7, 11) is 5.90. The summed E-state index contributed by atoms with van der Waals surface area (Å²) in [4.78, 5) is 8.51. The maximum Gasteiger partial charge on any atom is 0.321 e. The van der Waals surface area contributed by atoms with Gasteiger partial charge in [-0.2, -0.15) is 0 Å². The third kappa shape index (κ3) is 3.93. The number of aromatic nitrogens is 4. The maximum atomic E-state index is 5.90. The Morgan fingerprint density at radius 3 is 2.16 bits per heavy atom. The van der Waals surface area contributed by atoms with Crippen molar-refractivity contribution in [2.24, 2.45) is 0 Å². The number of nitrogens with one attached hydrogen (secondary N) is 1. The highest BCUT2D eigenvalue weighted by molar-refractivity contribution is 6.34. The molecule has 2 aromatic heterocycles. The molecule has 0 saturated carbocycles. The van der Waals surface area contributed by atoms with Gasteiger partial charge >= 0.3 is 6.01 Å². The minimum Gasteiger partial charge on any atom is -0.425 e. The predicted molar refractivity (Wildman–Crippen MR) is 122 cm³/mol. The maximum absolute atomic E-state index is 5.90. The lowest BCUT2D eigenvalue weighted by Crippen LogP contribution is -2.07. The van der Waals surface area contributed by atoms with Crippen molar-refractivity contribution >= 4 is 35.6 Å². The molecule has 6 nitrogen and oxygen atoms in total. The smallest absolute Gasteiger partial charge is 0.321 e. The van der Waals surface area contributed by atoms with E-state index in [1.165, 1.54) is 0 Å². The van der Waals surface area contributed by atoms with E-state index in [2.05, 4.69) is 25.5 Å². The Labute approximate surface area is 180 Å². The van der Waals surface area contributed by atoms with Gasteiger partial charge in [-0.1, -0.05) is 78.3 Å². The molecule has 0 saturated heterocycles. The van der Waals surface area contributed by atoms with Gasteiger partial charge in [0.25, 0.3) is 0 Å². The third-order valence-corrected chi connectivity index (χ3v) is 4.75. The first kappa shape index (κ1) is 18.8. The van der Waals surface area contributed by atoms with Crippen molar-refractivity contribution in [2.75, 3.05) is 5.32 Å². The second kappa shape index (κ2) is 8.24. The van der Waals surface area contributed by atoms with Crippen LogP contribution in [0.15, 0.2) is 91.3 Å². The molecule has 146 valence electrons. The number of hydrogen-bond acceptors (Lipinski definition) is 6.